The number of H-pyrrole nitrogens is 1. The van der Waals surface area contributed by atoms with Crippen LogP contribution in [0.15, 0.2) is 6.20 Å². The quantitative estimate of drug-likeness (QED) is 0.466. The Bertz CT molecular complexity index is 317. The number of aromatic amines is 1. The van der Waals surface area contributed by atoms with Crippen LogP contribution in [0.4, 0.5) is 4.39 Å². The van der Waals surface area contributed by atoms with Crippen LogP contribution in [0.1, 0.15) is 0 Å². The molecule has 1 aromatic heterocycles. The summed E-state index contributed by atoms with van der Waals surface area (Å²) < 4.78 is 13.1. The second kappa shape index (κ2) is 4.11. The van der Waals surface area contributed by atoms with E-state index in [-0.39, 0.29) is 4.64 Å². The summed E-state index contributed by atoms with van der Waals surface area (Å²) in [5, 5.41) is 0. The predicted octanol–water partition coefficient (Wildman–Crippen LogP) is 3.42. The first-order chi connectivity index (χ1) is 5.11. The molecule has 0 fully saturated rings. The summed E-state index contributed by atoms with van der Waals surface area (Å²) in [6.07, 6.45) is 1.07. The van der Waals surface area contributed by atoms with Crippen molar-refractivity contribution < 1.29 is 4.39 Å². The molecule has 11 heavy (non-hydrogen) atoms. The molecule has 0 atom stereocenters. The zero-order chi connectivity index (χ0) is 8.43. The summed E-state index contributed by atoms with van der Waals surface area (Å²) in [7, 11) is 5.74. The molecule has 0 aromatic carbocycles. The molecule has 0 saturated heterocycles. The molecule has 1 rings (SSSR count). The number of halogens is 4. The maximum atomic E-state index is 12.5. The van der Waals surface area contributed by atoms with Crippen molar-refractivity contribution in [2.75, 3.05) is 0 Å². The molecular formula is C4H2BrClFIN2S. The fraction of sp³-hybridized carbons (Fsp3) is 0. The standard InChI is InChI=1S/C4H2BrClFIN2S/c5-8(6)4-9-1-2(7)3(11)10-4/h1H,(H,9,10,11). The van der Waals surface area contributed by atoms with Crippen LogP contribution in [0.25, 0.3) is 0 Å². The summed E-state index contributed by atoms with van der Waals surface area (Å²) in [5.41, 5.74) is 0. The zero-order valence-electron chi connectivity index (χ0n) is 4.94. The molecule has 0 bridgehead atoms. The normalized spacial score (nSPS) is 11.4. The Morgan fingerprint density at radius 2 is 2.45 bits per heavy atom. The molecule has 0 aliphatic heterocycles. The topological polar surface area (TPSA) is 28.7 Å². The molecule has 1 aromatic rings. The first kappa shape index (κ1) is 9.82. The van der Waals surface area contributed by atoms with Crippen LogP contribution in [0.5, 0.6) is 0 Å². The van der Waals surface area contributed by atoms with Crippen LogP contribution < -0.4 is 0 Å². The zero-order valence-corrected chi connectivity index (χ0v) is 10.3. The van der Waals surface area contributed by atoms with Gasteiger partial charge in [-0.3, -0.25) is 0 Å². The van der Waals surface area contributed by atoms with Gasteiger partial charge >= 0.3 is 85.1 Å². The van der Waals surface area contributed by atoms with Gasteiger partial charge in [0.05, 0.1) is 0 Å². The number of aromatic nitrogens is 2. The number of hydrogen-bond donors (Lipinski definition) is 1. The van der Waals surface area contributed by atoms with Gasteiger partial charge in [0.1, 0.15) is 0 Å². The molecule has 0 aliphatic rings. The average Bonchev–Trinajstić information content (AvgIpc) is 1.94. The molecule has 0 amide bonds. The molecule has 62 valence electrons. The molecular weight excluding hydrogens is 369 g/mol. The van der Waals surface area contributed by atoms with Crippen molar-refractivity contribution in [1.29, 1.82) is 0 Å². The average molecular weight is 371 g/mol. The predicted molar refractivity (Wildman–Crippen MR) is 56.9 cm³/mol. The number of nitrogens with one attached hydrogen (secondary N) is 1. The molecule has 0 radical (unpaired) electrons. The van der Waals surface area contributed by atoms with Crippen molar-refractivity contribution in [3.63, 3.8) is 0 Å². The van der Waals surface area contributed by atoms with E-state index in [1.54, 1.807) is 0 Å². The summed E-state index contributed by atoms with van der Waals surface area (Å²) in [6.45, 7) is 0. The van der Waals surface area contributed by atoms with Gasteiger partial charge < -0.3 is 0 Å². The Balaban J connectivity index is 3.16. The molecule has 7 heteroatoms. The van der Waals surface area contributed by atoms with E-state index >= 15 is 0 Å². The van der Waals surface area contributed by atoms with E-state index in [4.69, 9.17) is 8.91 Å². The Kier molecular flexibility index (Phi) is 3.66. The molecule has 0 aliphatic carbocycles. The molecule has 1 heterocycles. The summed E-state index contributed by atoms with van der Waals surface area (Å²) in [4.78, 5) is 6.33. The van der Waals surface area contributed by atoms with E-state index in [0.29, 0.717) is 3.83 Å². The number of rotatable bonds is 1. The van der Waals surface area contributed by atoms with Crippen molar-refractivity contribution in [1.82, 2.24) is 9.97 Å². The van der Waals surface area contributed by atoms with Gasteiger partial charge in [-0.15, -0.1) is 0 Å². The second-order valence-electron chi connectivity index (χ2n) is 1.55. The third kappa shape index (κ3) is 2.60. The Morgan fingerprint density at radius 1 is 1.82 bits per heavy atom. The van der Waals surface area contributed by atoms with Gasteiger partial charge in [-0.05, 0) is 0 Å². The van der Waals surface area contributed by atoms with Crippen molar-refractivity contribution in [3.8, 4) is 0 Å². The van der Waals surface area contributed by atoms with Gasteiger partial charge in [0.2, 0.25) is 0 Å². The van der Waals surface area contributed by atoms with Crippen LogP contribution in [0, 0.1) is 14.3 Å². The van der Waals surface area contributed by atoms with Gasteiger partial charge in [-0.2, -0.15) is 0 Å². The maximum absolute atomic E-state index is 12.5. The SMILES string of the molecule is Fc1cnc(I(Cl)Br)[nH]c1=S. The minimum absolute atomic E-state index is 0.0531. The molecule has 0 spiro atoms. The van der Waals surface area contributed by atoms with Gasteiger partial charge in [0.25, 0.3) is 0 Å². The molecule has 1 N–H and O–H groups in total. The van der Waals surface area contributed by atoms with Crippen LogP contribution in [0.3, 0.4) is 0 Å². The summed E-state index contributed by atoms with van der Waals surface area (Å²) in [5.74, 6) is -0.523. The van der Waals surface area contributed by atoms with Gasteiger partial charge in [-0.25, -0.2) is 0 Å². The number of nitrogens with zero attached hydrogens (tertiary/aromatic N) is 1. The Morgan fingerprint density at radius 3 is 2.91 bits per heavy atom. The third-order valence-corrected chi connectivity index (χ3v) is 5.29. The van der Waals surface area contributed by atoms with Gasteiger partial charge in [0.15, 0.2) is 0 Å². The molecule has 0 unspecified atom stereocenters. The van der Waals surface area contributed by atoms with Crippen molar-refractivity contribution in [2.24, 2.45) is 0 Å². The summed E-state index contributed by atoms with van der Waals surface area (Å²) >= 11 is 5.99. The number of hydrogen-bond acceptors (Lipinski definition) is 2. The van der Waals surface area contributed by atoms with Crippen molar-refractivity contribution >= 4 is 50.3 Å². The van der Waals surface area contributed by atoms with Gasteiger partial charge in [-0.1, -0.05) is 0 Å². The minimum atomic E-state index is -1.85. The van der Waals surface area contributed by atoms with E-state index in [0.717, 1.165) is 6.20 Å². The second-order valence-corrected chi connectivity index (χ2v) is 12.4. The monoisotopic (exact) mass is 370 g/mol. The van der Waals surface area contributed by atoms with E-state index in [1.807, 2.05) is 0 Å². The van der Waals surface area contributed by atoms with E-state index in [1.165, 1.54) is 0 Å². The van der Waals surface area contributed by atoms with Crippen LogP contribution in [-0.2, 0) is 0 Å². The molecule has 0 saturated carbocycles. The fourth-order valence-electron chi connectivity index (χ4n) is 0.430. The Hall–Kier alpha value is 0.730. The third-order valence-electron chi connectivity index (χ3n) is 0.860. The van der Waals surface area contributed by atoms with Crippen LogP contribution in [0.2, 0.25) is 0 Å². The first-order valence-corrected chi connectivity index (χ1v) is 11.4. The van der Waals surface area contributed by atoms with Crippen LogP contribution >= 0.6 is 50.3 Å². The van der Waals surface area contributed by atoms with E-state index in [2.05, 4.69) is 34.9 Å². The van der Waals surface area contributed by atoms with Crippen molar-refractivity contribution in [3.05, 3.63) is 20.5 Å². The first-order valence-electron chi connectivity index (χ1n) is 2.39. The van der Waals surface area contributed by atoms with Crippen molar-refractivity contribution in [2.45, 2.75) is 0 Å². The summed E-state index contributed by atoms with van der Waals surface area (Å²) in [6, 6.07) is 0. The van der Waals surface area contributed by atoms with Gasteiger partial charge in [0, 0.05) is 0 Å². The van der Waals surface area contributed by atoms with E-state index < -0.39 is 22.3 Å². The van der Waals surface area contributed by atoms with E-state index in [9.17, 15) is 4.39 Å². The Labute approximate surface area is 84.4 Å². The fourth-order valence-corrected chi connectivity index (χ4v) is 3.09. The molecule has 2 nitrogen and oxygen atoms in total. The van der Waals surface area contributed by atoms with Crippen LogP contribution in [-0.4, -0.2) is 9.97 Å².